The van der Waals surface area contributed by atoms with Crippen molar-refractivity contribution in [2.45, 2.75) is 13.3 Å². The van der Waals surface area contributed by atoms with Crippen molar-refractivity contribution in [3.8, 4) is 0 Å². The molecule has 0 bridgehead atoms. The molecular weight excluding hydrogens is 371 g/mol. The number of H-pyrrole nitrogens is 1. The second-order valence-electron chi connectivity index (χ2n) is 6.41. The van der Waals surface area contributed by atoms with Crippen molar-refractivity contribution < 1.29 is 13.6 Å². The summed E-state index contributed by atoms with van der Waals surface area (Å²) in [7, 11) is 2.84. The van der Waals surface area contributed by atoms with Gasteiger partial charge in [-0.05, 0) is 18.6 Å². The first-order valence-electron chi connectivity index (χ1n) is 8.25. The smallest absolute Gasteiger partial charge is 0.332 e. The molecule has 0 saturated heterocycles. The maximum absolute atomic E-state index is 13.6. The van der Waals surface area contributed by atoms with Crippen LogP contribution < -0.4 is 16.6 Å². The number of aryl methyl sites for hydroxylation is 2. The molecule has 0 aliphatic rings. The summed E-state index contributed by atoms with van der Waals surface area (Å²) in [6.45, 7) is 1.59. The van der Waals surface area contributed by atoms with Gasteiger partial charge in [-0.15, -0.1) is 0 Å². The highest BCUT2D eigenvalue weighted by molar-refractivity contribution is 5.93. The Morgan fingerprint density at radius 2 is 2.04 bits per heavy atom. The average Bonchev–Trinajstić information content (AvgIpc) is 3.22. The van der Waals surface area contributed by atoms with Crippen LogP contribution in [0.2, 0.25) is 0 Å². The molecule has 2 N–H and O–H groups in total. The largest absolute Gasteiger partial charge is 0.423 e. The number of carbonyl (C=O) groups excluding carboxylic acids is 1. The Bertz CT molecular complexity index is 1340. The first-order chi connectivity index (χ1) is 13.3. The van der Waals surface area contributed by atoms with E-state index in [9.17, 15) is 18.8 Å². The fraction of sp³-hybridized carbons (Fsp3) is 0.235. The zero-order valence-electron chi connectivity index (χ0n) is 15.2. The van der Waals surface area contributed by atoms with Crippen molar-refractivity contribution in [3.63, 3.8) is 0 Å². The van der Waals surface area contributed by atoms with Gasteiger partial charge < -0.3 is 4.42 Å². The fourth-order valence-corrected chi connectivity index (χ4v) is 2.96. The highest BCUT2D eigenvalue weighted by atomic mass is 19.1. The zero-order valence-corrected chi connectivity index (χ0v) is 15.2. The third kappa shape index (κ3) is 2.68. The number of aromatic amines is 1. The summed E-state index contributed by atoms with van der Waals surface area (Å²) in [5, 5.41) is 9.21. The van der Waals surface area contributed by atoms with Crippen molar-refractivity contribution in [1.29, 1.82) is 0 Å². The van der Waals surface area contributed by atoms with E-state index in [1.54, 1.807) is 6.92 Å². The molecule has 28 heavy (non-hydrogen) atoms. The van der Waals surface area contributed by atoms with E-state index in [2.05, 4.69) is 20.5 Å². The lowest BCUT2D eigenvalue weighted by molar-refractivity contribution is -0.115. The molecule has 3 aromatic heterocycles. The molecule has 0 fully saturated rings. The van der Waals surface area contributed by atoms with Crippen LogP contribution in [-0.2, 0) is 25.3 Å². The van der Waals surface area contributed by atoms with E-state index in [4.69, 9.17) is 4.42 Å². The second kappa shape index (κ2) is 6.15. The number of nitrogens with one attached hydrogen (secondary N) is 2. The molecule has 0 atom stereocenters. The van der Waals surface area contributed by atoms with Crippen LogP contribution in [0.1, 0.15) is 11.3 Å². The summed E-state index contributed by atoms with van der Waals surface area (Å²) < 4.78 is 21.2. The summed E-state index contributed by atoms with van der Waals surface area (Å²) in [6, 6.07) is 2.61. The number of nitrogens with zero attached hydrogens (tertiary/aromatic N) is 4. The number of aromatic nitrogens is 5. The lowest BCUT2D eigenvalue weighted by Crippen LogP contribution is -2.37. The molecule has 0 radical (unpaired) electrons. The molecule has 3 heterocycles. The van der Waals surface area contributed by atoms with E-state index in [1.165, 1.54) is 30.8 Å². The average molecular weight is 386 g/mol. The number of halogens is 1. The van der Waals surface area contributed by atoms with Crippen molar-refractivity contribution >= 4 is 34.1 Å². The monoisotopic (exact) mass is 386 g/mol. The normalized spacial score (nSPS) is 11.4. The van der Waals surface area contributed by atoms with Crippen LogP contribution in [0.4, 0.5) is 10.4 Å². The molecule has 10 nitrogen and oxygen atoms in total. The topological polar surface area (TPSA) is 128 Å². The number of hydrogen-bond donors (Lipinski definition) is 2. The van der Waals surface area contributed by atoms with Crippen LogP contribution in [0.15, 0.2) is 26.1 Å². The maximum Gasteiger partial charge on any atom is 0.332 e. The lowest BCUT2D eigenvalue weighted by Gasteiger charge is -2.03. The lowest BCUT2D eigenvalue weighted by atomic mass is 10.2. The van der Waals surface area contributed by atoms with Gasteiger partial charge in [-0.2, -0.15) is 10.1 Å². The molecule has 0 saturated carbocycles. The minimum Gasteiger partial charge on any atom is -0.423 e. The number of amides is 1. The van der Waals surface area contributed by atoms with Gasteiger partial charge in [0.1, 0.15) is 22.4 Å². The zero-order chi connectivity index (χ0) is 20.2. The van der Waals surface area contributed by atoms with Crippen molar-refractivity contribution in [1.82, 2.24) is 24.3 Å². The minimum absolute atomic E-state index is 0.0925. The molecule has 0 spiro atoms. The first-order valence-corrected chi connectivity index (χ1v) is 8.25. The van der Waals surface area contributed by atoms with Crippen molar-refractivity contribution in [3.05, 3.63) is 50.0 Å². The van der Waals surface area contributed by atoms with Gasteiger partial charge in [0.05, 0.1) is 12.1 Å². The summed E-state index contributed by atoms with van der Waals surface area (Å²) in [4.78, 5) is 40.7. The van der Waals surface area contributed by atoms with E-state index in [1.807, 2.05) is 0 Å². The van der Waals surface area contributed by atoms with E-state index in [0.717, 1.165) is 4.57 Å². The third-order valence-electron chi connectivity index (χ3n) is 4.49. The molecule has 4 aromatic rings. The van der Waals surface area contributed by atoms with Crippen LogP contribution in [0.25, 0.3) is 22.1 Å². The number of rotatable bonds is 3. The number of hydrogen-bond acceptors (Lipinski definition) is 6. The summed E-state index contributed by atoms with van der Waals surface area (Å²) in [6.07, 6.45) is -0.250. The van der Waals surface area contributed by atoms with Gasteiger partial charge in [0.15, 0.2) is 5.58 Å². The number of carbonyl (C=O) groups is 1. The molecule has 0 aliphatic carbocycles. The molecule has 4 rings (SSSR count). The first kappa shape index (κ1) is 17.6. The van der Waals surface area contributed by atoms with Gasteiger partial charge in [-0.1, -0.05) is 0 Å². The highest BCUT2D eigenvalue weighted by Gasteiger charge is 2.19. The van der Waals surface area contributed by atoms with Gasteiger partial charge in [0.2, 0.25) is 5.91 Å². The summed E-state index contributed by atoms with van der Waals surface area (Å²) >= 11 is 0. The van der Waals surface area contributed by atoms with Gasteiger partial charge in [-0.3, -0.25) is 29.1 Å². The quantitative estimate of drug-likeness (QED) is 0.534. The Morgan fingerprint density at radius 3 is 2.79 bits per heavy atom. The molecular formula is C17H15FN6O4. The molecule has 0 unspecified atom stereocenters. The highest BCUT2D eigenvalue weighted by Crippen LogP contribution is 2.22. The van der Waals surface area contributed by atoms with Crippen LogP contribution >= 0.6 is 0 Å². The fourth-order valence-electron chi connectivity index (χ4n) is 2.96. The SMILES string of the molecule is Cc1cc2oc(NC(=O)Cc3n[nH]c4c3c(=O)n(C)c(=O)n4C)nc2cc1F. The Hall–Kier alpha value is -3.76. The second-order valence-corrected chi connectivity index (χ2v) is 6.41. The Labute approximate surface area is 155 Å². The van der Waals surface area contributed by atoms with E-state index < -0.39 is 23.0 Å². The van der Waals surface area contributed by atoms with Crippen LogP contribution in [0, 0.1) is 12.7 Å². The van der Waals surface area contributed by atoms with Gasteiger partial charge in [0, 0.05) is 20.2 Å². The van der Waals surface area contributed by atoms with Crippen molar-refractivity contribution in [2.75, 3.05) is 5.32 Å². The van der Waals surface area contributed by atoms with E-state index >= 15 is 0 Å². The molecule has 11 heteroatoms. The predicted octanol–water partition coefficient (Wildman–Crippen LogP) is 0.730. The molecule has 1 amide bonds. The third-order valence-corrected chi connectivity index (χ3v) is 4.49. The van der Waals surface area contributed by atoms with Gasteiger partial charge >= 0.3 is 11.7 Å². The van der Waals surface area contributed by atoms with Crippen molar-refractivity contribution in [2.24, 2.45) is 14.1 Å². The molecule has 144 valence electrons. The minimum atomic E-state index is -0.553. The number of fused-ring (bicyclic) bond motifs is 2. The van der Waals surface area contributed by atoms with Crippen LogP contribution in [-0.4, -0.2) is 30.2 Å². The molecule has 0 aliphatic heterocycles. The molecule has 1 aromatic carbocycles. The van der Waals surface area contributed by atoms with E-state index in [-0.39, 0.29) is 34.7 Å². The van der Waals surface area contributed by atoms with Crippen LogP contribution in [0.3, 0.4) is 0 Å². The predicted molar refractivity (Wildman–Crippen MR) is 97.6 cm³/mol. The summed E-state index contributed by atoms with van der Waals surface area (Å²) in [5.74, 6) is -0.962. The van der Waals surface area contributed by atoms with Gasteiger partial charge in [0.25, 0.3) is 5.56 Å². The van der Waals surface area contributed by atoms with Crippen LogP contribution in [0.5, 0.6) is 0 Å². The number of oxazole rings is 1. The maximum atomic E-state index is 13.6. The van der Waals surface area contributed by atoms with Gasteiger partial charge in [-0.25, -0.2) is 9.18 Å². The summed E-state index contributed by atoms with van der Waals surface area (Å²) in [5.41, 5.74) is 0.348. The Morgan fingerprint density at radius 1 is 1.29 bits per heavy atom. The number of anilines is 1. The van der Waals surface area contributed by atoms with E-state index in [0.29, 0.717) is 11.1 Å². The number of benzene rings is 1. The standard InChI is InChI=1S/C17H15FN6O4/c1-7-4-11-9(5-8(7)18)19-16(28-11)20-12(25)6-10-13-14(22-21-10)23(2)17(27)24(3)15(13)26/h4-5H,6H2,1-3H3,(H,21,22)(H,19,20,25). The Kier molecular flexibility index (Phi) is 3.87. The Balaban J connectivity index is 1.64.